The fraction of sp³-hybridized carbons (Fsp3) is 0.923. The Balaban J connectivity index is 2.30. The molecule has 0 radical (unpaired) electrons. The van der Waals surface area contributed by atoms with Crippen molar-refractivity contribution in [1.29, 1.82) is 0 Å². The molecule has 1 aliphatic rings. The summed E-state index contributed by atoms with van der Waals surface area (Å²) in [7, 11) is 1.76. The molecule has 0 spiro atoms. The van der Waals surface area contributed by atoms with E-state index < -0.39 is 5.60 Å². The molecule has 1 rings (SSSR count). The van der Waals surface area contributed by atoms with E-state index in [0.717, 1.165) is 19.3 Å². The van der Waals surface area contributed by atoms with Gasteiger partial charge in [-0.2, -0.15) is 0 Å². The van der Waals surface area contributed by atoms with Gasteiger partial charge in [0.2, 0.25) is 0 Å². The van der Waals surface area contributed by atoms with E-state index in [-0.39, 0.29) is 17.6 Å². The zero-order chi connectivity index (χ0) is 13.3. The molecule has 0 saturated heterocycles. The summed E-state index contributed by atoms with van der Waals surface area (Å²) in [6.07, 6.45) is 2.18. The molecule has 1 aliphatic carbocycles. The Kier molecular flexibility index (Phi) is 4.07. The maximum Gasteiger partial charge on any atom is 0.410 e. The highest BCUT2D eigenvalue weighted by molar-refractivity contribution is 5.67. The van der Waals surface area contributed by atoms with Gasteiger partial charge < -0.3 is 14.7 Å². The van der Waals surface area contributed by atoms with Crippen molar-refractivity contribution in [2.75, 3.05) is 13.6 Å². The molecule has 0 unspecified atom stereocenters. The second kappa shape index (κ2) is 4.84. The lowest BCUT2D eigenvalue weighted by molar-refractivity contribution is -0.0305. The van der Waals surface area contributed by atoms with Gasteiger partial charge in [0.05, 0.1) is 6.10 Å². The van der Waals surface area contributed by atoms with Gasteiger partial charge in [-0.25, -0.2) is 4.79 Å². The average molecular weight is 243 g/mol. The first-order valence-corrected chi connectivity index (χ1v) is 6.23. The Morgan fingerprint density at radius 2 is 2.00 bits per heavy atom. The van der Waals surface area contributed by atoms with Crippen LogP contribution in [-0.4, -0.2) is 41.4 Å². The molecule has 17 heavy (non-hydrogen) atoms. The molecular weight excluding hydrogens is 218 g/mol. The highest BCUT2D eigenvalue weighted by Crippen LogP contribution is 2.43. The summed E-state index contributed by atoms with van der Waals surface area (Å²) < 4.78 is 5.28. The molecular formula is C13H25NO3. The van der Waals surface area contributed by atoms with Gasteiger partial charge in [0.1, 0.15) is 5.60 Å². The summed E-state index contributed by atoms with van der Waals surface area (Å²) in [6, 6.07) is 0. The van der Waals surface area contributed by atoms with Crippen LogP contribution in [0.5, 0.6) is 0 Å². The van der Waals surface area contributed by atoms with Gasteiger partial charge in [0.15, 0.2) is 0 Å². The van der Waals surface area contributed by atoms with E-state index in [1.165, 1.54) is 0 Å². The minimum absolute atomic E-state index is 0.146. The standard InChI is InChI=1S/C13H25NO3/c1-12(2,3)17-11(16)14(5)7-6-13(4)8-10(15)9-13/h10,15H,6-9H2,1-5H3. The molecule has 100 valence electrons. The number of aliphatic hydroxyl groups excluding tert-OH is 1. The van der Waals surface area contributed by atoms with Gasteiger partial charge in [-0.3, -0.25) is 0 Å². The number of carbonyl (C=O) groups is 1. The zero-order valence-electron chi connectivity index (χ0n) is 11.6. The molecule has 0 aromatic rings. The Labute approximate surface area is 104 Å². The summed E-state index contributed by atoms with van der Waals surface area (Å²) in [5.74, 6) is 0. The van der Waals surface area contributed by atoms with Gasteiger partial charge >= 0.3 is 6.09 Å². The van der Waals surface area contributed by atoms with Crippen LogP contribution in [-0.2, 0) is 4.74 Å². The second-order valence-corrected chi connectivity index (χ2v) is 6.52. The highest BCUT2D eigenvalue weighted by Gasteiger charge is 2.39. The number of aliphatic hydroxyl groups is 1. The van der Waals surface area contributed by atoms with E-state index >= 15 is 0 Å². The summed E-state index contributed by atoms with van der Waals surface area (Å²) >= 11 is 0. The molecule has 1 N–H and O–H groups in total. The fourth-order valence-corrected chi connectivity index (χ4v) is 2.15. The van der Waals surface area contributed by atoms with Gasteiger partial charge in [0.25, 0.3) is 0 Å². The normalized spacial score (nSPS) is 28.5. The van der Waals surface area contributed by atoms with Crippen LogP contribution in [0, 0.1) is 5.41 Å². The van der Waals surface area contributed by atoms with Crippen molar-refractivity contribution in [2.24, 2.45) is 5.41 Å². The van der Waals surface area contributed by atoms with Crippen LogP contribution in [0.4, 0.5) is 4.79 Å². The van der Waals surface area contributed by atoms with Crippen LogP contribution >= 0.6 is 0 Å². The molecule has 1 saturated carbocycles. The summed E-state index contributed by atoms with van der Waals surface area (Å²) in [6.45, 7) is 8.42. The lowest BCUT2D eigenvalue weighted by Gasteiger charge is -2.43. The van der Waals surface area contributed by atoms with E-state index in [9.17, 15) is 9.90 Å². The maximum absolute atomic E-state index is 11.7. The van der Waals surface area contributed by atoms with E-state index in [2.05, 4.69) is 6.92 Å². The monoisotopic (exact) mass is 243 g/mol. The molecule has 1 amide bonds. The first-order chi connectivity index (χ1) is 7.61. The highest BCUT2D eigenvalue weighted by atomic mass is 16.6. The van der Waals surface area contributed by atoms with E-state index in [1.807, 2.05) is 20.8 Å². The van der Waals surface area contributed by atoms with Gasteiger partial charge in [-0.1, -0.05) is 6.92 Å². The lowest BCUT2D eigenvalue weighted by atomic mass is 9.66. The largest absolute Gasteiger partial charge is 0.444 e. The Bertz CT molecular complexity index is 277. The number of ether oxygens (including phenoxy) is 1. The molecule has 4 heteroatoms. The Morgan fingerprint density at radius 3 is 2.41 bits per heavy atom. The maximum atomic E-state index is 11.7. The Morgan fingerprint density at radius 1 is 1.47 bits per heavy atom. The van der Waals surface area contributed by atoms with Gasteiger partial charge in [0, 0.05) is 13.6 Å². The van der Waals surface area contributed by atoms with Crippen molar-refractivity contribution >= 4 is 6.09 Å². The number of amides is 1. The third-order valence-corrected chi connectivity index (χ3v) is 3.21. The predicted molar refractivity (Wildman–Crippen MR) is 66.8 cm³/mol. The van der Waals surface area contributed by atoms with Gasteiger partial charge in [-0.15, -0.1) is 0 Å². The minimum Gasteiger partial charge on any atom is -0.444 e. The van der Waals surface area contributed by atoms with Crippen molar-refractivity contribution in [1.82, 2.24) is 4.90 Å². The van der Waals surface area contributed by atoms with Gasteiger partial charge in [-0.05, 0) is 45.4 Å². The molecule has 4 nitrogen and oxygen atoms in total. The molecule has 0 atom stereocenters. The van der Waals surface area contributed by atoms with Crippen LogP contribution < -0.4 is 0 Å². The first-order valence-electron chi connectivity index (χ1n) is 6.23. The SMILES string of the molecule is CN(CCC1(C)CC(O)C1)C(=O)OC(C)(C)C. The van der Waals surface area contributed by atoms with Crippen molar-refractivity contribution in [2.45, 2.75) is 58.7 Å². The predicted octanol–water partition coefficient (Wildman–Crippen LogP) is 2.40. The Hall–Kier alpha value is -0.770. The summed E-state index contributed by atoms with van der Waals surface area (Å²) in [5, 5.41) is 9.31. The van der Waals surface area contributed by atoms with Crippen molar-refractivity contribution in [3.8, 4) is 0 Å². The summed E-state index contributed by atoms with van der Waals surface area (Å²) in [5.41, 5.74) is -0.252. The van der Waals surface area contributed by atoms with E-state index in [1.54, 1.807) is 11.9 Å². The topological polar surface area (TPSA) is 49.8 Å². The molecule has 0 heterocycles. The van der Waals surface area contributed by atoms with Crippen molar-refractivity contribution in [3.05, 3.63) is 0 Å². The molecule has 0 aromatic heterocycles. The lowest BCUT2D eigenvalue weighted by Crippen LogP contribution is -2.42. The van der Waals surface area contributed by atoms with Crippen LogP contribution in [0.15, 0.2) is 0 Å². The molecule has 1 fully saturated rings. The van der Waals surface area contributed by atoms with Crippen molar-refractivity contribution < 1.29 is 14.6 Å². The molecule has 0 aromatic carbocycles. The summed E-state index contributed by atoms with van der Waals surface area (Å²) in [4.78, 5) is 13.3. The van der Waals surface area contributed by atoms with Crippen LogP contribution in [0.2, 0.25) is 0 Å². The average Bonchev–Trinajstić information content (AvgIpc) is 2.09. The zero-order valence-corrected chi connectivity index (χ0v) is 11.6. The van der Waals surface area contributed by atoms with E-state index in [0.29, 0.717) is 6.54 Å². The quantitative estimate of drug-likeness (QED) is 0.828. The molecule has 0 aliphatic heterocycles. The molecule has 0 bridgehead atoms. The third kappa shape index (κ3) is 4.54. The van der Waals surface area contributed by atoms with Crippen molar-refractivity contribution in [3.63, 3.8) is 0 Å². The second-order valence-electron chi connectivity index (χ2n) is 6.52. The fourth-order valence-electron chi connectivity index (χ4n) is 2.15. The first kappa shape index (κ1) is 14.3. The smallest absolute Gasteiger partial charge is 0.410 e. The number of carbonyl (C=O) groups excluding carboxylic acids is 1. The van der Waals surface area contributed by atoms with E-state index in [4.69, 9.17) is 4.74 Å². The van der Waals surface area contributed by atoms with Crippen LogP contribution in [0.3, 0.4) is 0 Å². The number of rotatable bonds is 3. The number of hydrogen-bond acceptors (Lipinski definition) is 3. The third-order valence-electron chi connectivity index (χ3n) is 3.21. The number of nitrogens with zero attached hydrogens (tertiary/aromatic N) is 1. The van der Waals surface area contributed by atoms with Crippen LogP contribution in [0.1, 0.15) is 47.0 Å². The minimum atomic E-state index is -0.443. The van der Waals surface area contributed by atoms with Crippen LogP contribution in [0.25, 0.3) is 0 Å². The number of hydrogen-bond donors (Lipinski definition) is 1.